The highest BCUT2D eigenvalue weighted by molar-refractivity contribution is 6.00. The molecule has 6 nitrogen and oxygen atoms in total. The molecule has 3 N–H and O–H groups in total. The maximum Gasteiger partial charge on any atom is 0.339 e. The molecule has 6 heteroatoms. The molecule has 1 fully saturated rings. The molecule has 1 aromatic rings. The van der Waals surface area contributed by atoms with Crippen LogP contribution in [0.1, 0.15) is 36.5 Å². The minimum absolute atomic E-state index is 0.195. The van der Waals surface area contributed by atoms with Gasteiger partial charge < -0.3 is 20.3 Å². The maximum absolute atomic E-state index is 12.2. The van der Waals surface area contributed by atoms with Gasteiger partial charge in [-0.3, -0.25) is 0 Å². The van der Waals surface area contributed by atoms with E-state index in [9.17, 15) is 9.59 Å². The van der Waals surface area contributed by atoms with Crippen molar-refractivity contribution in [3.05, 3.63) is 29.8 Å². The van der Waals surface area contributed by atoms with Gasteiger partial charge in [-0.2, -0.15) is 0 Å². The van der Waals surface area contributed by atoms with Gasteiger partial charge in [-0.15, -0.1) is 0 Å². The second-order valence-electron chi connectivity index (χ2n) is 5.91. The highest BCUT2D eigenvalue weighted by atomic mass is 16.5. The summed E-state index contributed by atoms with van der Waals surface area (Å²) in [4.78, 5) is 25.5. The number of piperidine rings is 1. The summed E-state index contributed by atoms with van der Waals surface area (Å²) < 4.78 is 4.73. The number of likely N-dealkylation sites (tertiary alicyclic amines) is 1. The topological polar surface area (TPSA) is 71.9 Å². The number of hydrogen-bond acceptors (Lipinski definition) is 3. The zero-order valence-electron chi connectivity index (χ0n) is 13.9. The van der Waals surface area contributed by atoms with E-state index in [1.807, 2.05) is 0 Å². The molecular weight excluding hydrogens is 294 g/mol. The lowest BCUT2D eigenvalue weighted by Crippen LogP contribution is -3.13. The first-order chi connectivity index (χ1) is 11.1. The monoisotopic (exact) mass is 320 g/mol. The van der Waals surface area contributed by atoms with Crippen molar-refractivity contribution in [1.29, 1.82) is 0 Å². The minimum Gasteiger partial charge on any atom is -0.465 e. The van der Waals surface area contributed by atoms with E-state index in [4.69, 9.17) is 4.74 Å². The summed E-state index contributed by atoms with van der Waals surface area (Å²) >= 11 is 0. The van der Waals surface area contributed by atoms with Gasteiger partial charge in [0.1, 0.15) is 0 Å². The molecule has 0 radical (unpaired) electrons. The third kappa shape index (κ3) is 4.96. The lowest BCUT2D eigenvalue weighted by molar-refractivity contribution is -0.905. The van der Waals surface area contributed by atoms with Gasteiger partial charge in [-0.05, 0) is 18.6 Å². The Balaban J connectivity index is 1.87. The lowest BCUT2D eigenvalue weighted by atomic mass is 10.1. The first-order valence-electron chi connectivity index (χ1n) is 8.22. The Kier molecular flexibility index (Phi) is 6.40. The first kappa shape index (κ1) is 17.3. The average Bonchev–Trinajstić information content (AvgIpc) is 2.56. The zero-order chi connectivity index (χ0) is 16.7. The molecule has 1 heterocycles. The van der Waals surface area contributed by atoms with E-state index in [0.29, 0.717) is 11.3 Å². The van der Waals surface area contributed by atoms with Crippen LogP contribution in [0.2, 0.25) is 0 Å². The number of hydrogen-bond donors (Lipinski definition) is 3. The maximum atomic E-state index is 12.2. The Morgan fingerprint density at radius 2 is 1.96 bits per heavy atom. The van der Waals surface area contributed by atoms with Gasteiger partial charge in [0.05, 0.1) is 38.0 Å². The second kappa shape index (κ2) is 8.53. The van der Waals surface area contributed by atoms with Gasteiger partial charge in [-0.25, -0.2) is 9.59 Å². The molecule has 0 saturated carbocycles. The van der Waals surface area contributed by atoms with Crippen molar-refractivity contribution in [3.63, 3.8) is 0 Å². The SMILES string of the molecule is CCC[NH+]1CCC(NC(=O)Nc2ccccc2C(=O)OC)CC1. The Bertz CT molecular complexity index is 540. The molecule has 126 valence electrons. The van der Waals surface area contributed by atoms with Gasteiger partial charge in [0, 0.05) is 18.9 Å². The van der Waals surface area contributed by atoms with Crippen molar-refractivity contribution in [2.75, 3.05) is 32.1 Å². The van der Waals surface area contributed by atoms with Crippen molar-refractivity contribution in [1.82, 2.24) is 5.32 Å². The fourth-order valence-corrected chi connectivity index (χ4v) is 3.00. The van der Waals surface area contributed by atoms with Crippen LogP contribution in [0.3, 0.4) is 0 Å². The number of methoxy groups -OCH3 is 1. The number of rotatable bonds is 5. The molecule has 1 saturated heterocycles. The normalized spacial score (nSPS) is 20.6. The van der Waals surface area contributed by atoms with Crippen molar-refractivity contribution >= 4 is 17.7 Å². The van der Waals surface area contributed by atoms with Crippen molar-refractivity contribution in [3.8, 4) is 0 Å². The summed E-state index contributed by atoms with van der Waals surface area (Å²) in [5.41, 5.74) is 0.818. The van der Waals surface area contributed by atoms with E-state index < -0.39 is 5.97 Å². The van der Waals surface area contributed by atoms with Crippen LogP contribution in [-0.2, 0) is 4.74 Å². The van der Waals surface area contributed by atoms with Crippen LogP contribution in [0.15, 0.2) is 24.3 Å². The van der Waals surface area contributed by atoms with E-state index in [1.165, 1.54) is 20.1 Å². The van der Waals surface area contributed by atoms with Crippen LogP contribution < -0.4 is 15.5 Å². The average molecular weight is 320 g/mol. The Hall–Kier alpha value is -2.08. The molecule has 0 unspecified atom stereocenters. The number of anilines is 1. The van der Waals surface area contributed by atoms with E-state index in [1.54, 1.807) is 29.2 Å². The molecule has 1 aromatic carbocycles. The lowest BCUT2D eigenvalue weighted by Gasteiger charge is -2.29. The van der Waals surface area contributed by atoms with E-state index >= 15 is 0 Å². The summed E-state index contributed by atoms with van der Waals surface area (Å²) in [7, 11) is 1.32. The van der Waals surface area contributed by atoms with Crippen LogP contribution >= 0.6 is 0 Å². The van der Waals surface area contributed by atoms with E-state index in [0.717, 1.165) is 25.9 Å². The molecule has 0 aromatic heterocycles. The summed E-state index contributed by atoms with van der Waals surface area (Å²) in [6.07, 6.45) is 3.17. The number of carbonyl (C=O) groups excluding carboxylic acids is 2. The van der Waals surface area contributed by atoms with Crippen LogP contribution in [0.25, 0.3) is 0 Å². The highest BCUT2D eigenvalue weighted by Gasteiger charge is 2.23. The summed E-state index contributed by atoms with van der Waals surface area (Å²) in [6, 6.07) is 6.76. The third-order valence-electron chi connectivity index (χ3n) is 4.21. The quantitative estimate of drug-likeness (QED) is 0.710. The molecule has 1 aliphatic heterocycles. The fourth-order valence-electron chi connectivity index (χ4n) is 3.00. The van der Waals surface area contributed by atoms with Crippen molar-refractivity contribution in [2.45, 2.75) is 32.2 Å². The highest BCUT2D eigenvalue weighted by Crippen LogP contribution is 2.16. The Morgan fingerprint density at radius 3 is 2.61 bits per heavy atom. The number of ether oxygens (including phenoxy) is 1. The molecule has 2 rings (SSSR count). The summed E-state index contributed by atoms with van der Waals surface area (Å²) in [5, 5.41) is 5.75. The molecule has 0 spiro atoms. The molecular formula is C17H26N3O3+. The number of carbonyl (C=O) groups is 2. The van der Waals surface area contributed by atoms with Crippen LogP contribution in [0.4, 0.5) is 10.5 Å². The smallest absolute Gasteiger partial charge is 0.339 e. The van der Waals surface area contributed by atoms with Gasteiger partial charge in [0.2, 0.25) is 0 Å². The summed E-state index contributed by atoms with van der Waals surface area (Å²) in [6.45, 7) is 5.59. The first-order valence-corrected chi connectivity index (χ1v) is 8.22. The predicted octanol–water partition coefficient (Wildman–Crippen LogP) is 1.05. The number of benzene rings is 1. The number of nitrogens with one attached hydrogen (secondary N) is 3. The zero-order valence-corrected chi connectivity index (χ0v) is 13.9. The van der Waals surface area contributed by atoms with Gasteiger partial charge >= 0.3 is 12.0 Å². The predicted molar refractivity (Wildman–Crippen MR) is 88.8 cm³/mol. The molecule has 23 heavy (non-hydrogen) atoms. The molecule has 0 atom stereocenters. The van der Waals surface area contributed by atoms with Crippen LogP contribution in [0.5, 0.6) is 0 Å². The number of amides is 2. The largest absolute Gasteiger partial charge is 0.465 e. The Labute approximate surface area is 137 Å². The third-order valence-corrected chi connectivity index (χ3v) is 4.21. The molecule has 0 aliphatic carbocycles. The number of urea groups is 1. The minimum atomic E-state index is -0.461. The van der Waals surface area contributed by atoms with E-state index in [-0.39, 0.29) is 12.1 Å². The van der Waals surface area contributed by atoms with E-state index in [2.05, 4.69) is 17.6 Å². The number of esters is 1. The van der Waals surface area contributed by atoms with Crippen LogP contribution in [-0.4, -0.2) is 44.8 Å². The fraction of sp³-hybridized carbons (Fsp3) is 0.529. The molecule has 2 amide bonds. The summed E-state index contributed by atoms with van der Waals surface area (Å²) in [5.74, 6) is -0.461. The Morgan fingerprint density at radius 1 is 1.26 bits per heavy atom. The number of para-hydroxylation sites is 1. The standard InChI is InChI=1S/C17H25N3O3/c1-3-10-20-11-8-13(9-12-20)18-17(22)19-15-7-5-4-6-14(15)16(21)23-2/h4-7,13H,3,8-12H2,1-2H3,(H2,18,19,22)/p+1. The second-order valence-corrected chi connectivity index (χ2v) is 5.91. The molecule has 0 bridgehead atoms. The van der Waals surface area contributed by atoms with Gasteiger partial charge in [0.15, 0.2) is 0 Å². The van der Waals surface area contributed by atoms with Crippen LogP contribution in [0, 0.1) is 0 Å². The van der Waals surface area contributed by atoms with Crippen molar-refractivity contribution < 1.29 is 19.2 Å². The van der Waals surface area contributed by atoms with Gasteiger partial charge in [-0.1, -0.05) is 19.1 Å². The van der Waals surface area contributed by atoms with Crippen molar-refractivity contribution in [2.24, 2.45) is 0 Å². The number of quaternary nitrogens is 1. The molecule has 1 aliphatic rings. The van der Waals surface area contributed by atoms with Gasteiger partial charge in [0.25, 0.3) is 0 Å².